The zero-order valence-corrected chi connectivity index (χ0v) is 20.9. The van der Waals surface area contributed by atoms with Gasteiger partial charge in [-0.2, -0.15) is 0 Å². The molecule has 0 atom stereocenters. The van der Waals surface area contributed by atoms with Gasteiger partial charge in [0.15, 0.2) is 5.78 Å². The normalized spacial score (nSPS) is 17.8. The molecule has 1 aliphatic heterocycles. The molecule has 1 saturated heterocycles. The smallest absolute Gasteiger partial charge is 0.195 e. The summed E-state index contributed by atoms with van der Waals surface area (Å²) >= 11 is 0. The molecule has 3 aromatic rings. The number of benzene rings is 2. The second kappa shape index (κ2) is 9.03. The van der Waals surface area contributed by atoms with Gasteiger partial charge in [-0.25, -0.2) is 0 Å². The molecule has 0 saturated carbocycles. The average Bonchev–Trinajstić information content (AvgIpc) is 3.23. The molecule has 5 nitrogen and oxygen atoms in total. The predicted molar refractivity (Wildman–Crippen MR) is 142 cm³/mol. The summed E-state index contributed by atoms with van der Waals surface area (Å²) in [6.07, 6.45) is 6.73. The Morgan fingerprint density at radius 3 is 2.68 bits per heavy atom. The van der Waals surface area contributed by atoms with E-state index in [0.717, 1.165) is 58.4 Å². The van der Waals surface area contributed by atoms with E-state index in [1.807, 2.05) is 12.3 Å². The van der Waals surface area contributed by atoms with E-state index < -0.39 is 0 Å². The number of aliphatic imine (C=N–C) groups is 1. The van der Waals surface area contributed by atoms with Crippen LogP contribution in [-0.4, -0.2) is 55.1 Å². The first kappa shape index (κ1) is 22.9. The molecule has 0 unspecified atom stereocenters. The molecule has 2 N–H and O–H groups in total. The molecular weight excluding hydrogens is 420 g/mol. The van der Waals surface area contributed by atoms with Gasteiger partial charge in [0.25, 0.3) is 0 Å². The number of anilines is 1. The van der Waals surface area contributed by atoms with E-state index in [1.54, 1.807) is 7.05 Å². The van der Waals surface area contributed by atoms with Gasteiger partial charge in [-0.15, -0.1) is 0 Å². The van der Waals surface area contributed by atoms with Gasteiger partial charge < -0.3 is 15.2 Å². The van der Waals surface area contributed by atoms with Crippen LogP contribution in [0.3, 0.4) is 0 Å². The summed E-state index contributed by atoms with van der Waals surface area (Å²) < 4.78 is 0. The van der Waals surface area contributed by atoms with Crippen molar-refractivity contribution in [3.05, 3.63) is 63.8 Å². The maximum atomic E-state index is 13.8. The number of hydrogen-bond acceptors (Lipinski definition) is 4. The molecule has 1 fully saturated rings. The summed E-state index contributed by atoms with van der Waals surface area (Å²) in [6.45, 7) is 11.0. The Balaban J connectivity index is 1.51. The van der Waals surface area contributed by atoms with E-state index in [1.165, 1.54) is 43.6 Å². The van der Waals surface area contributed by atoms with Gasteiger partial charge in [0, 0.05) is 59.6 Å². The van der Waals surface area contributed by atoms with E-state index in [-0.39, 0.29) is 11.2 Å². The Morgan fingerprint density at radius 2 is 1.94 bits per heavy atom. The molecule has 0 spiro atoms. The summed E-state index contributed by atoms with van der Waals surface area (Å²) in [5, 5.41) is 4.70. The summed E-state index contributed by atoms with van der Waals surface area (Å²) in [5.41, 5.74) is 7.88. The molecule has 2 aromatic carbocycles. The standard InChI is InChI=1S/C29H36N4O/c1-5-20-16-22-23(17-24(20)31-11-14-33-12-7-6-8-13-33)29(2,3)28-26(27(22)34)21-10-9-19(18-30-4)15-25(21)32-28/h9-10,15-18,31-32H,5-8,11-14H2,1-4H3/b30-18-. The molecule has 0 radical (unpaired) electrons. The first-order valence-corrected chi connectivity index (χ1v) is 12.7. The SMILES string of the molecule is CCc1cc2c(cc1NCCN1CCCCC1)C(C)(C)c1[nH]c3cc(/C=N\C)ccc3c1C2=O. The van der Waals surface area contributed by atoms with Gasteiger partial charge in [0.05, 0.1) is 5.56 Å². The van der Waals surface area contributed by atoms with Crippen LogP contribution >= 0.6 is 0 Å². The predicted octanol–water partition coefficient (Wildman–Crippen LogP) is 5.55. The highest BCUT2D eigenvalue weighted by Gasteiger charge is 2.40. The Hall–Kier alpha value is -2.92. The second-order valence-corrected chi connectivity index (χ2v) is 10.3. The van der Waals surface area contributed by atoms with Crippen molar-refractivity contribution in [3.8, 4) is 0 Å². The molecule has 34 heavy (non-hydrogen) atoms. The lowest BCUT2D eigenvalue weighted by Gasteiger charge is -2.33. The minimum atomic E-state index is -0.299. The molecule has 0 amide bonds. The highest BCUT2D eigenvalue weighted by Crippen LogP contribution is 2.45. The van der Waals surface area contributed by atoms with Crippen LogP contribution in [0.5, 0.6) is 0 Å². The molecular formula is C29H36N4O. The number of fused-ring (bicyclic) bond motifs is 4. The zero-order valence-electron chi connectivity index (χ0n) is 20.9. The van der Waals surface area contributed by atoms with Crippen molar-refractivity contribution >= 4 is 28.6 Å². The second-order valence-electron chi connectivity index (χ2n) is 10.3. The third kappa shape index (κ3) is 3.86. The number of H-pyrrole nitrogens is 1. The number of nitrogens with zero attached hydrogens (tertiary/aromatic N) is 2. The molecule has 178 valence electrons. The number of aryl methyl sites for hydroxylation is 1. The number of aromatic amines is 1. The van der Waals surface area contributed by atoms with Crippen LogP contribution in [0.1, 0.15) is 78.3 Å². The molecule has 1 aliphatic carbocycles. The van der Waals surface area contributed by atoms with Crippen LogP contribution in [0, 0.1) is 0 Å². The molecule has 0 bridgehead atoms. The minimum absolute atomic E-state index is 0.127. The Kier molecular flexibility index (Phi) is 6.07. The highest BCUT2D eigenvalue weighted by atomic mass is 16.1. The van der Waals surface area contributed by atoms with Crippen molar-refractivity contribution in [2.24, 2.45) is 4.99 Å². The van der Waals surface area contributed by atoms with Crippen molar-refractivity contribution in [3.63, 3.8) is 0 Å². The molecule has 1 aromatic heterocycles. The third-order valence-electron chi connectivity index (χ3n) is 7.69. The summed E-state index contributed by atoms with van der Waals surface area (Å²) in [5.74, 6) is 0.127. The van der Waals surface area contributed by atoms with Crippen molar-refractivity contribution in [1.82, 2.24) is 9.88 Å². The van der Waals surface area contributed by atoms with E-state index in [9.17, 15) is 4.79 Å². The van der Waals surface area contributed by atoms with Gasteiger partial charge in [-0.3, -0.25) is 9.79 Å². The first-order valence-electron chi connectivity index (χ1n) is 12.7. The summed E-state index contributed by atoms with van der Waals surface area (Å²) in [6, 6.07) is 10.6. The van der Waals surface area contributed by atoms with Crippen LogP contribution in [0.2, 0.25) is 0 Å². The van der Waals surface area contributed by atoms with Crippen LogP contribution in [0.4, 0.5) is 5.69 Å². The molecule has 2 heterocycles. The largest absolute Gasteiger partial charge is 0.384 e. The molecule has 2 aliphatic rings. The number of nitrogens with one attached hydrogen (secondary N) is 2. The average molecular weight is 457 g/mol. The lowest BCUT2D eigenvalue weighted by molar-refractivity contribution is 0.103. The van der Waals surface area contributed by atoms with E-state index in [4.69, 9.17) is 0 Å². The molecule has 5 rings (SSSR count). The van der Waals surface area contributed by atoms with Gasteiger partial charge in [-0.1, -0.05) is 39.3 Å². The lowest BCUT2D eigenvalue weighted by Crippen LogP contribution is -2.34. The monoisotopic (exact) mass is 456 g/mol. The third-order valence-corrected chi connectivity index (χ3v) is 7.69. The van der Waals surface area contributed by atoms with Crippen molar-refractivity contribution in [2.45, 2.75) is 51.9 Å². The van der Waals surface area contributed by atoms with Crippen LogP contribution in [0.25, 0.3) is 10.9 Å². The van der Waals surface area contributed by atoms with Gasteiger partial charge in [-0.05, 0) is 67.2 Å². The highest BCUT2D eigenvalue weighted by molar-refractivity contribution is 6.20. The first-order chi connectivity index (χ1) is 16.4. The topological polar surface area (TPSA) is 60.5 Å². The van der Waals surface area contributed by atoms with Crippen molar-refractivity contribution in [1.29, 1.82) is 0 Å². The Labute approximate surface area is 202 Å². The van der Waals surface area contributed by atoms with Crippen molar-refractivity contribution in [2.75, 3.05) is 38.5 Å². The number of hydrogen-bond donors (Lipinski definition) is 2. The number of rotatable bonds is 6. The quantitative estimate of drug-likeness (QED) is 0.478. The number of aromatic nitrogens is 1. The van der Waals surface area contributed by atoms with Gasteiger partial charge in [0.2, 0.25) is 0 Å². The van der Waals surface area contributed by atoms with Crippen LogP contribution < -0.4 is 5.32 Å². The number of carbonyl (C=O) groups is 1. The fraction of sp³-hybridized carbons (Fsp3) is 0.448. The van der Waals surface area contributed by atoms with E-state index >= 15 is 0 Å². The number of piperidine rings is 1. The number of likely N-dealkylation sites (tertiary alicyclic amines) is 1. The summed E-state index contributed by atoms with van der Waals surface area (Å²) in [4.78, 5) is 24.1. The van der Waals surface area contributed by atoms with Crippen LogP contribution in [0.15, 0.2) is 35.3 Å². The van der Waals surface area contributed by atoms with E-state index in [2.05, 4.69) is 65.2 Å². The summed E-state index contributed by atoms with van der Waals surface area (Å²) in [7, 11) is 1.77. The lowest BCUT2D eigenvalue weighted by atomic mass is 9.70. The minimum Gasteiger partial charge on any atom is -0.384 e. The number of ketones is 1. The zero-order chi connectivity index (χ0) is 23.9. The molecule has 5 heteroatoms. The Bertz CT molecular complexity index is 1260. The van der Waals surface area contributed by atoms with Gasteiger partial charge in [0.1, 0.15) is 0 Å². The van der Waals surface area contributed by atoms with Crippen LogP contribution in [-0.2, 0) is 11.8 Å². The fourth-order valence-electron chi connectivity index (χ4n) is 5.76. The maximum absolute atomic E-state index is 13.8. The van der Waals surface area contributed by atoms with E-state index in [0.29, 0.717) is 0 Å². The van der Waals surface area contributed by atoms with Crippen molar-refractivity contribution < 1.29 is 4.79 Å². The van der Waals surface area contributed by atoms with Gasteiger partial charge >= 0.3 is 0 Å². The maximum Gasteiger partial charge on any atom is 0.195 e. The number of carbonyl (C=O) groups excluding carboxylic acids is 1. The Morgan fingerprint density at radius 1 is 1.15 bits per heavy atom. The fourth-order valence-corrected chi connectivity index (χ4v) is 5.76.